The smallest absolute Gasteiger partial charge is 0.270 e. The maximum absolute atomic E-state index is 13.0. The molecule has 1 saturated heterocycles. The molecule has 0 atom stereocenters. The highest BCUT2D eigenvalue weighted by Crippen LogP contribution is 2.10. The van der Waals surface area contributed by atoms with Crippen LogP contribution in [0.15, 0.2) is 58.8 Å². The lowest BCUT2D eigenvalue weighted by atomic mass is 10.2. The molecule has 30 heavy (non-hydrogen) atoms. The number of nitrogens with one attached hydrogen (secondary N) is 1. The van der Waals surface area contributed by atoms with Gasteiger partial charge >= 0.3 is 0 Å². The maximum Gasteiger partial charge on any atom is 0.270 e. The fourth-order valence-corrected chi connectivity index (χ4v) is 3.36. The van der Waals surface area contributed by atoms with Crippen LogP contribution in [0.1, 0.15) is 22.5 Å². The minimum Gasteiger partial charge on any atom is -0.465 e. The van der Waals surface area contributed by atoms with E-state index in [1.165, 1.54) is 6.26 Å². The molecule has 1 aromatic heterocycles. The molecule has 7 nitrogen and oxygen atoms in total. The summed E-state index contributed by atoms with van der Waals surface area (Å²) >= 11 is 0. The molecule has 0 bridgehead atoms. The molecule has 0 saturated carbocycles. The minimum absolute atomic E-state index is 0.195. The molecule has 2 amide bonds. The highest BCUT2D eigenvalue weighted by molar-refractivity contribution is 6.05. The van der Waals surface area contributed by atoms with Gasteiger partial charge in [0.15, 0.2) is 0 Å². The number of benzene rings is 1. The predicted octanol–water partition coefficient (Wildman–Crippen LogP) is 2.15. The Hall–Kier alpha value is -2.90. The first-order valence-corrected chi connectivity index (χ1v) is 10.3. The molecule has 160 valence electrons. The average Bonchev–Trinajstić information content (AvgIpc) is 3.28. The molecule has 1 aliphatic rings. The summed E-state index contributed by atoms with van der Waals surface area (Å²) in [5.74, 6) is -0.0563. The van der Waals surface area contributed by atoms with E-state index in [2.05, 4.69) is 22.2 Å². The second-order valence-corrected chi connectivity index (χ2v) is 7.62. The third-order valence-corrected chi connectivity index (χ3v) is 5.25. The van der Waals surface area contributed by atoms with E-state index in [0.717, 1.165) is 39.1 Å². The van der Waals surface area contributed by atoms with E-state index in [9.17, 15) is 9.59 Å². The van der Waals surface area contributed by atoms with Crippen LogP contribution in [0, 0.1) is 0 Å². The minimum atomic E-state index is -0.326. The molecule has 2 aromatic rings. The summed E-state index contributed by atoms with van der Waals surface area (Å²) in [5.41, 5.74) is 0.689. The van der Waals surface area contributed by atoms with Crippen molar-refractivity contribution in [3.63, 3.8) is 0 Å². The van der Waals surface area contributed by atoms with Crippen LogP contribution in [0.2, 0.25) is 0 Å². The second-order valence-electron chi connectivity index (χ2n) is 7.62. The van der Waals surface area contributed by atoms with E-state index in [1.807, 2.05) is 6.07 Å². The average molecular weight is 411 g/mol. The van der Waals surface area contributed by atoms with Crippen molar-refractivity contribution < 1.29 is 14.0 Å². The monoisotopic (exact) mass is 410 g/mol. The lowest BCUT2D eigenvalue weighted by Crippen LogP contribution is -2.45. The van der Waals surface area contributed by atoms with Crippen molar-refractivity contribution >= 4 is 17.9 Å². The van der Waals surface area contributed by atoms with E-state index in [4.69, 9.17) is 4.42 Å². The summed E-state index contributed by atoms with van der Waals surface area (Å²) in [6.07, 6.45) is 3.99. The number of amides is 2. The lowest BCUT2D eigenvalue weighted by molar-refractivity contribution is -0.126. The van der Waals surface area contributed by atoms with Crippen molar-refractivity contribution in [3.8, 4) is 0 Å². The number of carbonyl (C=O) groups is 2. The molecule has 3 rings (SSSR count). The van der Waals surface area contributed by atoms with Gasteiger partial charge in [0.2, 0.25) is 0 Å². The van der Waals surface area contributed by atoms with Crippen LogP contribution in [0.5, 0.6) is 0 Å². The summed E-state index contributed by atoms with van der Waals surface area (Å²) < 4.78 is 5.34. The van der Waals surface area contributed by atoms with E-state index < -0.39 is 0 Å². The van der Waals surface area contributed by atoms with Gasteiger partial charge < -0.3 is 24.4 Å². The Morgan fingerprint density at radius 2 is 1.83 bits per heavy atom. The Morgan fingerprint density at radius 3 is 2.50 bits per heavy atom. The van der Waals surface area contributed by atoms with Crippen molar-refractivity contribution in [2.45, 2.75) is 6.42 Å². The largest absolute Gasteiger partial charge is 0.465 e. The number of hydrogen-bond acceptors (Lipinski definition) is 5. The first-order chi connectivity index (χ1) is 14.5. The van der Waals surface area contributed by atoms with Gasteiger partial charge in [-0.05, 0) is 44.3 Å². The quantitative estimate of drug-likeness (QED) is 0.676. The summed E-state index contributed by atoms with van der Waals surface area (Å²) in [6.45, 7) is 5.85. The number of likely N-dealkylation sites (N-methyl/N-ethyl adjacent to an activating group) is 2. The standard InChI is InChI=1S/C23H30N4O3/c1-25-13-15-27(16-14-25)12-7-11-26(2)23(29)21(18-20-10-6-17-30-20)24-22(28)19-8-4-3-5-9-19/h3-6,8-10,17-18H,7,11-16H2,1-2H3,(H,24,28). The highest BCUT2D eigenvalue weighted by Gasteiger charge is 2.19. The van der Waals surface area contributed by atoms with Crippen LogP contribution in [0.3, 0.4) is 0 Å². The van der Waals surface area contributed by atoms with Crippen LogP contribution < -0.4 is 5.32 Å². The summed E-state index contributed by atoms with van der Waals surface area (Å²) in [5, 5.41) is 2.75. The molecule has 2 heterocycles. The topological polar surface area (TPSA) is 69.0 Å². The molecule has 0 unspecified atom stereocenters. The van der Waals surface area contributed by atoms with Gasteiger partial charge in [-0.1, -0.05) is 18.2 Å². The number of hydrogen-bond donors (Lipinski definition) is 1. The van der Waals surface area contributed by atoms with Crippen LogP contribution in [-0.2, 0) is 4.79 Å². The van der Waals surface area contributed by atoms with Crippen molar-refractivity contribution in [2.24, 2.45) is 0 Å². The highest BCUT2D eigenvalue weighted by atomic mass is 16.3. The molecular formula is C23H30N4O3. The molecule has 1 N–H and O–H groups in total. The first kappa shape index (κ1) is 21.8. The van der Waals surface area contributed by atoms with E-state index >= 15 is 0 Å². The van der Waals surface area contributed by atoms with Gasteiger partial charge in [0, 0.05) is 51.4 Å². The van der Waals surface area contributed by atoms with E-state index in [1.54, 1.807) is 54.4 Å². The van der Waals surface area contributed by atoms with Crippen LogP contribution in [0.25, 0.3) is 6.08 Å². The number of piperazine rings is 1. The fourth-order valence-electron chi connectivity index (χ4n) is 3.36. The summed E-state index contributed by atoms with van der Waals surface area (Å²) in [4.78, 5) is 32.0. The number of nitrogens with zero attached hydrogens (tertiary/aromatic N) is 3. The SMILES string of the molecule is CN1CCN(CCCN(C)C(=O)C(=Cc2ccco2)NC(=O)c2ccccc2)CC1. The van der Waals surface area contributed by atoms with Crippen molar-refractivity contribution in [1.82, 2.24) is 20.0 Å². The van der Waals surface area contributed by atoms with Crippen molar-refractivity contribution in [3.05, 3.63) is 65.7 Å². The molecule has 1 aliphatic heterocycles. The molecule has 0 radical (unpaired) electrons. The molecule has 0 aliphatic carbocycles. The Balaban J connectivity index is 1.60. The molecule has 1 fully saturated rings. The van der Waals surface area contributed by atoms with Gasteiger partial charge in [-0.15, -0.1) is 0 Å². The van der Waals surface area contributed by atoms with Crippen LogP contribution in [0.4, 0.5) is 0 Å². The number of furan rings is 1. The van der Waals surface area contributed by atoms with Crippen LogP contribution >= 0.6 is 0 Å². The predicted molar refractivity (Wildman–Crippen MR) is 117 cm³/mol. The third kappa shape index (κ3) is 6.30. The van der Waals surface area contributed by atoms with Gasteiger partial charge in [0.1, 0.15) is 11.5 Å². The Morgan fingerprint density at radius 1 is 1.10 bits per heavy atom. The molecule has 1 aromatic carbocycles. The van der Waals surface area contributed by atoms with Crippen molar-refractivity contribution in [2.75, 3.05) is 53.4 Å². The van der Waals surface area contributed by atoms with E-state index in [-0.39, 0.29) is 17.5 Å². The van der Waals surface area contributed by atoms with Gasteiger partial charge in [0.25, 0.3) is 11.8 Å². The Kier molecular flexibility index (Phi) is 7.82. The third-order valence-electron chi connectivity index (χ3n) is 5.25. The van der Waals surface area contributed by atoms with E-state index in [0.29, 0.717) is 17.9 Å². The van der Waals surface area contributed by atoms with Gasteiger partial charge in [-0.25, -0.2) is 0 Å². The van der Waals surface area contributed by atoms with Gasteiger partial charge in [0.05, 0.1) is 6.26 Å². The summed E-state index contributed by atoms with van der Waals surface area (Å²) in [6, 6.07) is 12.3. The van der Waals surface area contributed by atoms with Crippen LogP contribution in [-0.4, -0.2) is 79.9 Å². The zero-order valence-corrected chi connectivity index (χ0v) is 17.7. The normalized spacial score (nSPS) is 15.7. The summed E-state index contributed by atoms with van der Waals surface area (Å²) in [7, 11) is 3.90. The van der Waals surface area contributed by atoms with Gasteiger partial charge in [-0.2, -0.15) is 0 Å². The second kappa shape index (κ2) is 10.8. The fraction of sp³-hybridized carbons (Fsp3) is 0.391. The molecule has 0 spiro atoms. The Bertz CT molecular complexity index is 841. The zero-order valence-electron chi connectivity index (χ0n) is 17.7. The number of carbonyl (C=O) groups excluding carboxylic acids is 2. The lowest BCUT2D eigenvalue weighted by Gasteiger charge is -2.32. The number of rotatable bonds is 8. The Labute approximate surface area is 177 Å². The zero-order chi connectivity index (χ0) is 21.3. The maximum atomic E-state index is 13.0. The molecular weight excluding hydrogens is 380 g/mol. The molecule has 7 heteroatoms. The van der Waals surface area contributed by atoms with Gasteiger partial charge in [-0.3, -0.25) is 9.59 Å². The van der Waals surface area contributed by atoms with Crippen molar-refractivity contribution in [1.29, 1.82) is 0 Å². The first-order valence-electron chi connectivity index (χ1n) is 10.3.